The summed E-state index contributed by atoms with van der Waals surface area (Å²) in [4.78, 5) is 8.01. The smallest absolute Gasteiger partial charge is 0.421 e. The fraction of sp³-hybridized carbons (Fsp3) is 0.385. The first-order valence-electron chi connectivity index (χ1n) is 11.7. The lowest BCUT2D eigenvalue weighted by Gasteiger charge is -2.15. The van der Waals surface area contributed by atoms with Crippen LogP contribution in [0, 0.1) is 0 Å². The number of rotatable bonds is 12. The molecular weight excluding hydrogens is 441 g/mol. The lowest BCUT2D eigenvalue weighted by atomic mass is 10.1. The van der Waals surface area contributed by atoms with E-state index in [0.717, 1.165) is 56.0 Å². The van der Waals surface area contributed by atoms with Gasteiger partial charge in [0.05, 0.1) is 6.61 Å². The molecule has 5 nitrogen and oxygen atoms in total. The van der Waals surface area contributed by atoms with E-state index >= 15 is 0 Å². The first-order valence-corrected chi connectivity index (χ1v) is 11.7. The van der Waals surface area contributed by atoms with E-state index in [0.29, 0.717) is 18.0 Å². The van der Waals surface area contributed by atoms with E-state index in [1.165, 1.54) is 0 Å². The number of hydrogen-bond donors (Lipinski definition) is 2. The fourth-order valence-corrected chi connectivity index (χ4v) is 3.37. The summed E-state index contributed by atoms with van der Waals surface area (Å²) in [7, 11) is 0. The average Bonchev–Trinajstić information content (AvgIpc) is 2.81. The monoisotopic (exact) mass is 472 g/mol. The third kappa shape index (κ3) is 7.64. The first kappa shape index (κ1) is 25.3. The molecule has 0 fully saturated rings. The van der Waals surface area contributed by atoms with Gasteiger partial charge in [-0.3, -0.25) is 0 Å². The molecule has 0 aliphatic rings. The summed E-state index contributed by atoms with van der Waals surface area (Å²) in [6.07, 6.45) is 2.37. The van der Waals surface area contributed by atoms with Gasteiger partial charge in [-0.1, -0.05) is 45.2 Å². The fourth-order valence-electron chi connectivity index (χ4n) is 3.37. The maximum absolute atomic E-state index is 13.6. The molecule has 8 heteroatoms. The van der Waals surface area contributed by atoms with E-state index in [9.17, 15) is 13.2 Å². The quantitative estimate of drug-likeness (QED) is 0.262. The maximum atomic E-state index is 13.6. The summed E-state index contributed by atoms with van der Waals surface area (Å²) in [5.74, 6) is 0.503. The summed E-state index contributed by atoms with van der Waals surface area (Å²) < 4.78 is 46.5. The Hall–Kier alpha value is -3.29. The Bertz CT molecular complexity index is 1040. The highest BCUT2D eigenvalue weighted by Crippen LogP contribution is 2.35. The predicted molar refractivity (Wildman–Crippen MR) is 130 cm³/mol. The van der Waals surface area contributed by atoms with Crippen LogP contribution in [0.2, 0.25) is 0 Å². The molecule has 2 N–H and O–H groups in total. The number of unbranched alkanes of at least 4 members (excludes halogenated alkanes) is 3. The predicted octanol–water partition coefficient (Wildman–Crippen LogP) is 7.89. The zero-order valence-corrected chi connectivity index (χ0v) is 19.6. The van der Waals surface area contributed by atoms with Crippen LogP contribution in [0.3, 0.4) is 0 Å². The number of hydrogen-bond acceptors (Lipinski definition) is 5. The molecule has 0 saturated heterocycles. The standard InChI is InChI=1S/C26H31F3N4O/c1-3-5-7-16-34-22-14-12-20(13-15-22)32-25-30-18-23(26(27,28)29)24(33-25)31-21-11-8-10-19(17-21)9-6-4-2/h8,10-15,17-18H,3-7,9,16H2,1-2H3,(H2,30,31,32,33). The Morgan fingerprint density at radius 1 is 0.882 bits per heavy atom. The second-order valence-electron chi connectivity index (χ2n) is 8.09. The topological polar surface area (TPSA) is 59.1 Å². The number of nitrogens with one attached hydrogen (secondary N) is 2. The lowest BCUT2D eigenvalue weighted by Crippen LogP contribution is -2.12. The van der Waals surface area contributed by atoms with Crippen LogP contribution < -0.4 is 15.4 Å². The van der Waals surface area contributed by atoms with Gasteiger partial charge in [0.25, 0.3) is 0 Å². The molecule has 2 aromatic carbocycles. The van der Waals surface area contributed by atoms with E-state index in [-0.39, 0.29) is 11.8 Å². The van der Waals surface area contributed by atoms with Gasteiger partial charge in [0, 0.05) is 17.6 Å². The normalized spacial score (nSPS) is 11.3. The van der Waals surface area contributed by atoms with Gasteiger partial charge >= 0.3 is 6.18 Å². The SMILES string of the molecule is CCCCCOc1ccc(Nc2ncc(C(F)(F)F)c(Nc3cccc(CCCC)c3)n2)cc1. The van der Waals surface area contributed by atoms with E-state index < -0.39 is 11.7 Å². The molecule has 3 aromatic rings. The number of benzene rings is 2. The molecule has 0 unspecified atom stereocenters. The molecule has 3 rings (SSSR count). The molecule has 1 heterocycles. The number of alkyl halides is 3. The van der Waals surface area contributed by atoms with Crippen molar-refractivity contribution in [2.75, 3.05) is 17.2 Å². The number of nitrogens with zero attached hydrogens (tertiary/aromatic N) is 2. The first-order chi connectivity index (χ1) is 16.4. The molecule has 182 valence electrons. The lowest BCUT2D eigenvalue weighted by molar-refractivity contribution is -0.137. The molecular formula is C26H31F3N4O. The number of anilines is 4. The van der Waals surface area contributed by atoms with Crippen molar-refractivity contribution < 1.29 is 17.9 Å². The molecule has 34 heavy (non-hydrogen) atoms. The van der Waals surface area contributed by atoms with Gasteiger partial charge in [0.2, 0.25) is 5.95 Å². The van der Waals surface area contributed by atoms with Crippen LogP contribution in [-0.4, -0.2) is 16.6 Å². The minimum Gasteiger partial charge on any atom is -0.494 e. The highest BCUT2D eigenvalue weighted by molar-refractivity contribution is 5.63. The van der Waals surface area contributed by atoms with Crippen molar-refractivity contribution in [1.29, 1.82) is 0 Å². The minimum absolute atomic E-state index is 0.0641. The van der Waals surface area contributed by atoms with E-state index in [1.807, 2.05) is 18.2 Å². The van der Waals surface area contributed by atoms with Crippen LogP contribution in [-0.2, 0) is 12.6 Å². The zero-order chi connectivity index (χ0) is 24.4. The van der Waals surface area contributed by atoms with Crippen molar-refractivity contribution in [3.63, 3.8) is 0 Å². The van der Waals surface area contributed by atoms with Crippen LogP contribution in [0.5, 0.6) is 5.75 Å². The van der Waals surface area contributed by atoms with Crippen LogP contribution in [0.1, 0.15) is 57.1 Å². The maximum Gasteiger partial charge on any atom is 0.421 e. The molecule has 0 bridgehead atoms. The van der Waals surface area contributed by atoms with Crippen LogP contribution >= 0.6 is 0 Å². The molecule has 0 aliphatic carbocycles. The van der Waals surface area contributed by atoms with Gasteiger partial charge in [0.15, 0.2) is 0 Å². The van der Waals surface area contributed by atoms with Crippen molar-refractivity contribution in [2.45, 2.75) is 58.5 Å². The van der Waals surface area contributed by atoms with Crippen molar-refractivity contribution in [3.8, 4) is 5.75 Å². The van der Waals surface area contributed by atoms with E-state index in [1.54, 1.807) is 30.3 Å². The Kier molecular flexibility index (Phi) is 9.13. The summed E-state index contributed by atoms with van der Waals surface area (Å²) in [5, 5.41) is 5.80. The third-order valence-corrected chi connectivity index (χ3v) is 5.23. The van der Waals surface area contributed by atoms with Crippen LogP contribution in [0.4, 0.5) is 36.3 Å². The highest BCUT2D eigenvalue weighted by atomic mass is 19.4. The Balaban J connectivity index is 1.75. The molecule has 1 aromatic heterocycles. The summed E-state index contributed by atoms with van der Waals surface area (Å²) in [6.45, 7) is 4.88. The number of aryl methyl sites for hydroxylation is 1. The van der Waals surface area contributed by atoms with Crippen molar-refractivity contribution in [1.82, 2.24) is 9.97 Å². The molecule has 0 aliphatic heterocycles. The molecule has 0 amide bonds. The molecule has 0 spiro atoms. The summed E-state index contributed by atoms with van der Waals surface area (Å²) >= 11 is 0. The van der Waals surface area contributed by atoms with E-state index in [4.69, 9.17) is 4.74 Å². The highest BCUT2D eigenvalue weighted by Gasteiger charge is 2.35. The van der Waals surface area contributed by atoms with Crippen molar-refractivity contribution >= 4 is 23.1 Å². The van der Waals surface area contributed by atoms with Gasteiger partial charge in [-0.05, 0) is 61.2 Å². The van der Waals surface area contributed by atoms with Gasteiger partial charge in [-0.25, -0.2) is 4.98 Å². The van der Waals surface area contributed by atoms with Gasteiger partial charge < -0.3 is 15.4 Å². The molecule has 0 radical (unpaired) electrons. The average molecular weight is 473 g/mol. The van der Waals surface area contributed by atoms with Gasteiger partial charge in [-0.15, -0.1) is 0 Å². The molecule has 0 saturated carbocycles. The second kappa shape index (κ2) is 12.3. The Morgan fingerprint density at radius 2 is 1.65 bits per heavy atom. The Labute approximate surface area is 198 Å². The van der Waals surface area contributed by atoms with Gasteiger partial charge in [-0.2, -0.15) is 18.2 Å². The minimum atomic E-state index is -4.59. The summed E-state index contributed by atoms with van der Waals surface area (Å²) in [6, 6.07) is 14.5. The third-order valence-electron chi connectivity index (χ3n) is 5.23. The Morgan fingerprint density at radius 3 is 2.35 bits per heavy atom. The van der Waals surface area contributed by atoms with E-state index in [2.05, 4.69) is 34.4 Å². The van der Waals surface area contributed by atoms with Crippen LogP contribution in [0.15, 0.2) is 54.7 Å². The van der Waals surface area contributed by atoms with Crippen molar-refractivity contribution in [3.05, 3.63) is 65.9 Å². The number of aromatic nitrogens is 2. The summed E-state index contributed by atoms with van der Waals surface area (Å²) in [5.41, 5.74) is 1.33. The number of ether oxygens (including phenoxy) is 1. The zero-order valence-electron chi connectivity index (χ0n) is 19.6. The van der Waals surface area contributed by atoms with Crippen molar-refractivity contribution in [2.24, 2.45) is 0 Å². The molecule has 0 atom stereocenters. The second-order valence-corrected chi connectivity index (χ2v) is 8.09. The van der Waals surface area contributed by atoms with Crippen LogP contribution in [0.25, 0.3) is 0 Å². The van der Waals surface area contributed by atoms with Gasteiger partial charge in [0.1, 0.15) is 17.1 Å². The number of halogens is 3. The largest absolute Gasteiger partial charge is 0.494 e.